The highest BCUT2D eigenvalue weighted by Gasteiger charge is 2.44. The number of ether oxygens (including phenoxy) is 1. The molecule has 27 heavy (non-hydrogen) atoms. The molecule has 5 nitrogen and oxygen atoms in total. The zero-order valence-corrected chi connectivity index (χ0v) is 14.0. The summed E-state index contributed by atoms with van der Waals surface area (Å²) in [6.45, 7) is -0.437. The molecule has 144 valence electrons. The number of amidine groups is 1. The van der Waals surface area contributed by atoms with Gasteiger partial charge in [-0.3, -0.25) is 9.69 Å². The van der Waals surface area contributed by atoms with Crippen molar-refractivity contribution in [3.63, 3.8) is 0 Å². The van der Waals surface area contributed by atoms with Gasteiger partial charge in [-0.15, -0.1) is 0 Å². The molecule has 1 aromatic carbocycles. The van der Waals surface area contributed by atoms with E-state index in [-0.39, 0.29) is 17.1 Å². The smallest absolute Gasteiger partial charge is 0.416 e. The van der Waals surface area contributed by atoms with Crippen LogP contribution >= 0.6 is 11.6 Å². The lowest BCUT2D eigenvalue weighted by molar-refractivity contribution is -0.139. The Labute approximate surface area is 154 Å². The molecule has 11 heteroatoms. The second kappa shape index (κ2) is 6.63. The average molecular weight is 409 g/mol. The summed E-state index contributed by atoms with van der Waals surface area (Å²) < 4.78 is 72.1. The van der Waals surface area contributed by atoms with Crippen LogP contribution in [-0.2, 0) is 22.3 Å². The number of anilines is 1. The molecule has 0 fully saturated rings. The second-order valence-corrected chi connectivity index (χ2v) is 6.16. The van der Waals surface area contributed by atoms with Gasteiger partial charge >= 0.3 is 17.5 Å². The topological polar surface area (TPSA) is 62.1 Å². The fourth-order valence-corrected chi connectivity index (χ4v) is 2.88. The van der Waals surface area contributed by atoms with Crippen molar-refractivity contribution < 1.29 is 36.6 Å². The number of alkyl halides is 6. The summed E-state index contributed by atoms with van der Waals surface area (Å²) >= 11 is 5.12. The van der Waals surface area contributed by atoms with Crippen molar-refractivity contribution in [2.75, 3.05) is 4.90 Å². The van der Waals surface area contributed by atoms with Crippen LogP contribution in [0.5, 0.6) is 0 Å². The molecule has 1 aromatic rings. The van der Waals surface area contributed by atoms with Gasteiger partial charge in [0.25, 0.3) is 0 Å². The van der Waals surface area contributed by atoms with E-state index in [1.54, 1.807) is 0 Å². The van der Waals surface area contributed by atoms with Gasteiger partial charge < -0.3 is 9.84 Å². The molecule has 0 spiro atoms. The highest BCUT2D eigenvalue weighted by Crippen LogP contribution is 2.41. The van der Waals surface area contributed by atoms with E-state index >= 15 is 0 Å². The molecule has 2 aliphatic heterocycles. The molecule has 1 N–H and O–H groups in total. The van der Waals surface area contributed by atoms with Gasteiger partial charge in [-0.2, -0.15) is 22.0 Å². The minimum absolute atomic E-state index is 0.0764. The number of hydrogen-bond acceptors (Lipinski definition) is 4. The normalized spacial score (nSPS) is 19.6. The van der Waals surface area contributed by atoms with Crippen LogP contribution in [0.1, 0.15) is 17.5 Å². The van der Waals surface area contributed by atoms with E-state index in [2.05, 4.69) is 10.7 Å². The highest BCUT2D eigenvalue weighted by atomic mass is 35.5. The van der Waals surface area contributed by atoms with E-state index in [9.17, 15) is 26.7 Å². The molecule has 0 radical (unpaired) electrons. The standard InChI is InChI=1S/C16H10ClF5N2O3/c17-15(18,19)12-3-4-23-14-11(6-13(25)26)27-7-8-5-9(16(20,21)22)1-2-10(8)24(12)14/h1-2,4-5,11H,6-7H2,(H,25,26)/t11-/m0/s1. The van der Waals surface area contributed by atoms with Gasteiger partial charge in [-0.05, 0) is 29.8 Å². The Morgan fingerprint density at radius 2 is 2.07 bits per heavy atom. The largest absolute Gasteiger partial charge is 0.481 e. The third kappa shape index (κ3) is 3.83. The fourth-order valence-electron chi connectivity index (χ4n) is 2.75. The molecule has 0 bridgehead atoms. The zero-order valence-electron chi connectivity index (χ0n) is 13.2. The summed E-state index contributed by atoms with van der Waals surface area (Å²) in [7, 11) is 0. The number of halogens is 6. The van der Waals surface area contributed by atoms with Crippen LogP contribution in [0.15, 0.2) is 40.8 Å². The van der Waals surface area contributed by atoms with Gasteiger partial charge in [0.1, 0.15) is 11.9 Å². The predicted molar refractivity (Wildman–Crippen MR) is 84.6 cm³/mol. The molecule has 3 rings (SSSR count). The van der Waals surface area contributed by atoms with E-state index in [1.165, 1.54) is 0 Å². The number of aliphatic imine (C=N–C) groups is 1. The predicted octanol–water partition coefficient (Wildman–Crippen LogP) is 4.13. The third-order valence-electron chi connectivity index (χ3n) is 3.86. The first-order valence-electron chi connectivity index (χ1n) is 7.42. The van der Waals surface area contributed by atoms with Crippen LogP contribution in [0.4, 0.5) is 27.6 Å². The molecule has 2 heterocycles. The Hall–Kier alpha value is -2.42. The van der Waals surface area contributed by atoms with E-state index in [4.69, 9.17) is 21.4 Å². The maximum atomic E-state index is 13.9. The first kappa shape index (κ1) is 19.3. The number of allylic oxidation sites excluding steroid dienone is 1. The molecule has 0 aliphatic carbocycles. The van der Waals surface area contributed by atoms with Crippen molar-refractivity contribution in [3.05, 3.63) is 47.0 Å². The van der Waals surface area contributed by atoms with Gasteiger partial charge in [0, 0.05) is 5.56 Å². The number of carbonyl (C=O) groups is 1. The Morgan fingerprint density at radius 3 is 2.67 bits per heavy atom. The van der Waals surface area contributed by atoms with Crippen LogP contribution in [-0.4, -0.2) is 28.4 Å². The summed E-state index contributed by atoms with van der Waals surface area (Å²) in [6.07, 6.45) is -5.69. The van der Waals surface area contributed by atoms with Crippen molar-refractivity contribution in [1.29, 1.82) is 0 Å². The summed E-state index contributed by atoms with van der Waals surface area (Å²) in [5, 5.41) is 5.10. The molecule has 0 saturated heterocycles. The molecule has 1 atom stereocenters. The van der Waals surface area contributed by atoms with E-state index in [0.717, 1.165) is 29.3 Å². The van der Waals surface area contributed by atoms with E-state index in [0.29, 0.717) is 0 Å². The van der Waals surface area contributed by atoms with Gasteiger partial charge in [-0.1, -0.05) is 5.73 Å². The lowest BCUT2D eigenvalue weighted by Crippen LogP contribution is -2.43. The minimum atomic E-state index is -4.66. The lowest BCUT2D eigenvalue weighted by atomic mass is 10.1. The summed E-state index contributed by atoms with van der Waals surface area (Å²) in [5.74, 6) is -1.53. The van der Waals surface area contributed by atoms with E-state index < -0.39 is 47.9 Å². The molecule has 0 unspecified atom stereocenters. The first-order chi connectivity index (χ1) is 12.5. The maximum Gasteiger partial charge on any atom is 0.416 e. The van der Waals surface area contributed by atoms with Crippen LogP contribution < -0.4 is 4.90 Å². The first-order valence-corrected chi connectivity index (χ1v) is 7.80. The number of carboxylic acid groups (broad SMARTS) is 1. The minimum Gasteiger partial charge on any atom is -0.481 e. The van der Waals surface area contributed by atoms with Crippen molar-refractivity contribution in [2.24, 2.45) is 4.99 Å². The Kier molecular flexibility index (Phi) is 4.75. The monoisotopic (exact) mass is 408 g/mol. The van der Waals surface area contributed by atoms with Gasteiger partial charge in [0.05, 0.1) is 30.5 Å². The highest BCUT2D eigenvalue weighted by molar-refractivity contribution is 6.25. The quantitative estimate of drug-likeness (QED) is 0.464. The lowest BCUT2D eigenvalue weighted by Gasteiger charge is -2.32. The van der Waals surface area contributed by atoms with Gasteiger partial charge in [0.2, 0.25) is 0 Å². The Morgan fingerprint density at radius 1 is 1.37 bits per heavy atom. The number of benzene rings is 1. The van der Waals surface area contributed by atoms with Crippen molar-refractivity contribution in [3.8, 4) is 0 Å². The molecular weight excluding hydrogens is 399 g/mol. The number of hydrogen-bond donors (Lipinski definition) is 1. The molecule has 0 aromatic heterocycles. The number of nitrogens with zero attached hydrogens (tertiary/aromatic N) is 2. The van der Waals surface area contributed by atoms with E-state index in [1.807, 2.05) is 0 Å². The van der Waals surface area contributed by atoms with Crippen LogP contribution in [0.3, 0.4) is 0 Å². The number of rotatable bonds is 3. The fraction of sp³-hybridized carbons (Fsp3) is 0.312. The Bertz CT molecular complexity index is 885. The van der Waals surface area contributed by atoms with Gasteiger partial charge in [0.15, 0.2) is 5.70 Å². The SMILES string of the molecule is O=C(O)C[C@@H]1OCc2cc(C(F)(F)F)ccc2N2C(C(F)(F)Cl)=C=CN=C12. The zero-order chi connectivity index (χ0) is 20.0. The number of aliphatic carboxylic acids is 1. The summed E-state index contributed by atoms with van der Waals surface area (Å²) in [6, 6.07) is 2.45. The molecule has 0 saturated carbocycles. The van der Waals surface area contributed by atoms with Crippen molar-refractivity contribution >= 4 is 29.1 Å². The Balaban J connectivity index is 2.17. The molecule has 2 aliphatic rings. The van der Waals surface area contributed by atoms with Crippen molar-refractivity contribution in [2.45, 2.75) is 30.7 Å². The maximum absolute atomic E-state index is 13.9. The molecule has 0 amide bonds. The number of carboxylic acids is 1. The van der Waals surface area contributed by atoms with Gasteiger partial charge in [-0.25, -0.2) is 4.99 Å². The number of fused-ring (bicyclic) bond motifs is 3. The summed E-state index contributed by atoms with van der Waals surface area (Å²) in [5.41, 5.74) is 0.118. The van der Waals surface area contributed by atoms with Crippen LogP contribution in [0.25, 0.3) is 0 Å². The average Bonchev–Trinajstić information content (AvgIpc) is 2.70. The summed E-state index contributed by atoms with van der Waals surface area (Å²) in [4.78, 5) is 15.7. The van der Waals surface area contributed by atoms with Crippen LogP contribution in [0, 0.1) is 0 Å². The van der Waals surface area contributed by atoms with Crippen molar-refractivity contribution in [1.82, 2.24) is 0 Å². The van der Waals surface area contributed by atoms with Crippen LogP contribution in [0.2, 0.25) is 0 Å². The third-order valence-corrected chi connectivity index (χ3v) is 4.03. The molecular formula is C16H10ClF5N2O3. The second-order valence-electron chi connectivity index (χ2n) is 5.68.